The minimum Gasteiger partial charge on any atom is -0.480 e. The Labute approximate surface area is 202 Å². The molecule has 9 nitrogen and oxygen atoms in total. The number of hydrogen-bond donors (Lipinski definition) is 3. The van der Waals surface area contributed by atoms with E-state index in [0.29, 0.717) is 0 Å². The van der Waals surface area contributed by atoms with Crippen LogP contribution in [0.5, 0.6) is 0 Å². The number of amides is 2. The summed E-state index contributed by atoms with van der Waals surface area (Å²) in [7, 11) is 0. The number of aliphatic hydroxyl groups excluding tert-OH is 1. The van der Waals surface area contributed by atoms with Crippen LogP contribution >= 0.6 is 0 Å². The number of likely N-dealkylation sites (tertiary alicyclic amines) is 1. The van der Waals surface area contributed by atoms with Crippen molar-refractivity contribution in [3.05, 3.63) is 59.7 Å². The minimum atomic E-state index is -1.35. The zero-order valence-electron chi connectivity index (χ0n) is 19.2. The smallest absolute Gasteiger partial charge is 0.408 e. The van der Waals surface area contributed by atoms with Crippen molar-refractivity contribution in [2.45, 2.75) is 42.9 Å². The molecule has 2 atom stereocenters. The summed E-state index contributed by atoms with van der Waals surface area (Å²) in [6, 6.07) is 14.9. The lowest BCUT2D eigenvalue weighted by molar-refractivity contribution is -0.153. The Balaban J connectivity index is 1.32. The molecule has 2 aliphatic heterocycles. The number of aliphatic carboxylic acids is 1. The monoisotopic (exact) mass is 480 g/mol. The summed E-state index contributed by atoms with van der Waals surface area (Å²) < 4.78 is 11.1. The standard InChI is InChI=1S/C26H28N2O7/c29-16-13-22(23(30)31)28(14-16)24(32)26(9-11-34-12-10-26)27-25(33)35-15-21-19-7-3-1-5-17(19)18-6-2-4-8-20(18)21/h1-8,16,21-22,29H,9-15H2,(H,27,33)(H,30,31)/t16-,22-/m0/s1. The molecule has 0 radical (unpaired) electrons. The topological polar surface area (TPSA) is 125 Å². The second-order valence-electron chi connectivity index (χ2n) is 9.35. The number of rotatable bonds is 5. The fourth-order valence-corrected chi connectivity index (χ4v) is 5.49. The van der Waals surface area contributed by atoms with Gasteiger partial charge >= 0.3 is 12.1 Å². The van der Waals surface area contributed by atoms with Gasteiger partial charge in [-0.15, -0.1) is 0 Å². The fourth-order valence-electron chi connectivity index (χ4n) is 5.49. The number of fused-ring (bicyclic) bond motifs is 3. The van der Waals surface area contributed by atoms with Gasteiger partial charge in [-0.1, -0.05) is 48.5 Å². The van der Waals surface area contributed by atoms with Gasteiger partial charge in [0, 0.05) is 44.9 Å². The predicted octanol–water partition coefficient (Wildman–Crippen LogP) is 2.12. The molecule has 2 saturated heterocycles. The van der Waals surface area contributed by atoms with E-state index in [1.807, 2.05) is 48.5 Å². The lowest BCUT2D eigenvalue weighted by Crippen LogP contribution is -2.63. The van der Waals surface area contributed by atoms with E-state index in [0.717, 1.165) is 27.2 Å². The lowest BCUT2D eigenvalue weighted by atomic mass is 9.88. The second-order valence-corrected chi connectivity index (χ2v) is 9.35. The average Bonchev–Trinajstić information content (AvgIpc) is 3.41. The second kappa shape index (κ2) is 9.31. The molecule has 35 heavy (non-hydrogen) atoms. The van der Waals surface area contributed by atoms with Crippen molar-refractivity contribution in [1.82, 2.24) is 10.2 Å². The number of carbonyl (C=O) groups is 3. The molecule has 0 saturated carbocycles. The minimum absolute atomic E-state index is 0.0431. The summed E-state index contributed by atoms with van der Waals surface area (Å²) in [6.07, 6.45) is -1.33. The molecule has 0 aromatic heterocycles. The molecule has 3 aliphatic rings. The molecule has 5 rings (SSSR count). The largest absolute Gasteiger partial charge is 0.480 e. The molecule has 0 bridgehead atoms. The van der Waals surface area contributed by atoms with Crippen molar-refractivity contribution in [1.29, 1.82) is 0 Å². The lowest BCUT2D eigenvalue weighted by Gasteiger charge is -2.39. The highest BCUT2D eigenvalue weighted by Gasteiger charge is 2.50. The van der Waals surface area contributed by atoms with Crippen LogP contribution in [0, 0.1) is 0 Å². The van der Waals surface area contributed by atoms with Crippen LogP contribution < -0.4 is 5.32 Å². The van der Waals surface area contributed by atoms with Crippen LogP contribution in [0.3, 0.4) is 0 Å². The zero-order valence-corrected chi connectivity index (χ0v) is 19.2. The molecule has 184 valence electrons. The van der Waals surface area contributed by atoms with E-state index in [-0.39, 0.29) is 51.5 Å². The normalized spacial score (nSPS) is 22.8. The zero-order chi connectivity index (χ0) is 24.6. The van der Waals surface area contributed by atoms with Crippen LogP contribution in [0.1, 0.15) is 36.3 Å². The Morgan fingerprint density at radius 2 is 1.63 bits per heavy atom. The summed E-state index contributed by atoms with van der Waals surface area (Å²) in [6.45, 7) is 0.485. The van der Waals surface area contributed by atoms with E-state index >= 15 is 0 Å². The van der Waals surface area contributed by atoms with Crippen LogP contribution in [0.2, 0.25) is 0 Å². The van der Waals surface area contributed by atoms with Gasteiger partial charge in [0.05, 0.1) is 6.10 Å². The SMILES string of the molecule is O=C(NC1(C(=O)N2C[C@@H](O)C[C@H]2C(=O)O)CCOCC1)OCC1c2ccccc2-c2ccccc21. The Morgan fingerprint density at radius 3 is 2.23 bits per heavy atom. The van der Waals surface area contributed by atoms with Crippen molar-refractivity contribution >= 4 is 18.0 Å². The Morgan fingerprint density at radius 1 is 1.03 bits per heavy atom. The van der Waals surface area contributed by atoms with Crippen LogP contribution in [0.4, 0.5) is 4.79 Å². The summed E-state index contributed by atoms with van der Waals surface area (Å²) >= 11 is 0. The third-order valence-electron chi connectivity index (χ3n) is 7.27. The highest BCUT2D eigenvalue weighted by atomic mass is 16.5. The van der Waals surface area contributed by atoms with Crippen molar-refractivity contribution in [2.24, 2.45) is 0 Å². The number of β-amino-alcohol motifs (C(OH)–C–C–N with tert-alkyl or cyclic N) is 1. The number of alkyl carbamates (subject to hydrolysis) is 1. The third-order valence-corrected chi connectivity index (χ3v) is 7.27. The highest BCUT2D eigenvalue weighted by molar-refractivity contribution is 5.93. The third kappa shape index (κ3) is 4.26. The van der Waals surface area contributed by atoms with Crippen LogP contribution in [-0.2, 0) is 19.1 Å². The van der Waals surface area contributed by atoms with Gasteiger partial charge in [0.1, 0.15) is 18.2 Å². The first kappa shape index (κ1) is 23.3. The molecular weight excluding hydrogens is 452 g/mol. The van der Waals surface area contributed by atoms with Crippen LogP contribution in [0.25, 0.3) is 11.1 Å². The highest BCUT2D eigenvalue weighted by Crippen LogP contribution is 2.44. The van der Waals surface area contributed by atoms with Gasteiger partial charge < -0.3 is 29.9 Å². The predicted molar refractivity (Wildman–Crippen MR) is 125 cm³/mol. The summed E-state index contributed by atoms with van der Waals surface area (Å²) in [5, 5.41) is 22.3. The van der Waals surface area contributed by atoms with E-state index in [1.54, 1.807) is 0 Å². The van der Waals surface area contributed by atoms with Gasteiger partial charge in [-0.25, -0.2) is 9.59 Å². The van der Waals surface area contributed by atoms with Crippen molar-refractivity contribution in [3.63, 3.8) is 0 Å². The molecule has 9 heteroatoms. The number of carboxylic acid groups (broad SMARTS) is 1. The summed E-state index contributed by atoms with van der Waals surface area (Å²) in [5.74, 6) is -1.84. The molecule has 1 aliphatic carbocycles. The van der Waals surface area contributed by atoms with E-state index in [2.05, 4.69) is 5.32 Å². The number of carboxylic acids is 1. The van der Waals surface area contributed by atoms with Crippen molar-refractivity contribution in [2.75, 3.05) is 26.4 Å². The first-order valence-corrected chi connectivity index (χ1v) is 11.8. The summed E-state index contributed by atoms with van der Waals surface area (Å²) in [4.78, 5) is 39.4. The number of ether oxygens (including phenoxy) is 2. The number of nitrogens with zero attached hydrogens (tertiary/aromatic N) is 1. The van der Waals surface area contributed by atoms with E-state index in [1.165, 1.54) is 0 Å². The van der Waals surface area contributed by atoms with E-state index < -0.39 is 35.7 Å². The molecule has 3 N–H and O–H groups in total. The molecule has 2 amide bonds. The molecular formula is C26H28N2O7. The average molecular weight is 481 g/mol. The number of hydrogen-bond acceptors (Lipinski definition) is 6. The maximum atomic E-state index is 13.5. The summed E-state index contributed by atoms with van der Waals surface area (Å²) in [5.41, 5.74) is 3.03. The number of benzene rings is 2. The molecule has 0 unspecified atom stereocenters. The molecule has 2 aromatic carbocycles. The van der Waals surface area contributed by atoms with Gasteiger partial charge in [0.15, 0.2) is 0 Å². The van der Waals surface area contributed by atoms with Crippen molar-refractivity contribution in [3.8, 4) is 11.1 Å². The maximum Gasteiger partial charge on any atom is 0.408 e. The first-order valence-electron chi connectivity index (χ1n) is 11.8. The quantitative estimate of drug-likeness (QED) is 0.599. The van der Waals surface area contributed by atoms with E-state index in [9.17, 15) is 24.6 Å². The van der Waals surface area contributed by atoms with Crippen molar-refractivity contribution < 1.29 is 34.1 Å². The fraction of sp³-hybridized carbons (Fsp3) is 0.423. The molecule has 2 fully saturated rings. The Hall–Kier alpha value is -3.43. The molecule has 2 heterocycles. The first-order chi connectivity index (χ1) is 16.9. The van der Waals surface area contributed by atoms with Gasteiger partial charge in [-0.2, -0.15) is 0 Å². The van der Waals surface area contributed by atoms with Gasteiger partial charge in [-0.05, 0) is 22.3 Å². The maximum absolute atomic E-state index is 13.5. The Bertz CT molecular complexity index is 1100. The number of carbonyl (C=O) groups excluding carboxylic acids is 2. The number of aliphatic hydroxyl groups is 1. The van der Waals surface area contributed by atoms with Gasteiger partial charge in [0.2, 0.25) is 5.91 Å². The van der Waals surface area contributed by atoms with Crippen LogP contribution in [0.15, 0.2) is 48.5 Å². The van der Waals surface area contributed by atoms with Gasteiger partial charge in [-0.3, -0.25) is 4.79 Å². The van der Waals surface area contributed by atoms with Crippen LogP contribution in [-0.4, -0.2) is 77.1 Å². The Kier molecular flexibility index (Phi) is 6.21. The van der Waals surface area contributed by atoms with E-state index in [4.69, 9.17) is 9.47 Å². The molecule has 2 aromatic rings. The molecule has 0 spiro atoms. The van der Waals surface area contributed by atoms with Gasteiger partial charge in [0.25, 0.3) is 0 Å². The number of nitrogens with one attached hydrogen (secondary N) is 1.